The van der Waals surface area contributed by atoms with Crippen LogP contribution in [0.4, 0.5) is 5.69 Å². The van der Waals surface area contributed by atoms with Crippen LogP contribution in [0.2, 0.25) is 5.02 Å². The maximum Gasteiger partial charge on any atom is 0.343 e. The minimum absolute atomic E-state index is 0.0758. The summed E-state index contributed by atoms with van der Waals surface area (Å²) >= 11 is 6.10. The molecule has 0 saturated heterocycles. The number of halogens is 1. The number of nitriles is 1. The number of esters is 1. The van der Waals surface area contributed by atoms with Gasteiger partial charge in [-0.05, 0) is 35.9 Å². The molecule has 0 aromatic heterocycles. The lowest BCUT2D eigenvalue weighted by Gasteiger charge is -2.08. The lowest BCUT2D eigenvalue weighted by molar-refractivity contribution is -0.142. The van der Waals surface area contributed by atoms with E-state index in [1.54, 1.807) is 36.4 Å². The normalized spacial score (nSPS) is 10.6. The summed E-state index contributed by atoms with van der Waals surface area (Å²) in [5.41, 5.74) is 1.05. The van der Waals surface area contributed by atoms with Crippen molar-refractivity contribution in [3.8, 4) is 11.8 Å². The molecule has 1 N–H and O–H groups in total. The number of anilines is 1. The number of hydrogen-bond donors (Lipinski definition) is 1. The first-order valence-corrected chi connectivity index (χ1v) is 7.88. The molecule has 0 heterocycles. The molecule has 1 amide bonds. The van der Waals surface area contributed by atoms with Gasteiger partial charge in [0.05, 0.1) is 12.1 Å². The summed E-state index contributed by atoms with van der Waals surface area (Å²) in [5, 5.41) is 12.1. The van der Waals surface area contributed by atoms with Gasteiger partial charge in [-0.3, -0.25) is 4.79 Å². The van der Waals surface area contributed by atoms with E-state index < -0.39 is 11.9 Å². The average Bonchev–Trinajstić information content (AvgIpc) is 2.65. The Hall–Kier alpha value is -3.30. The number of ether oxygens (including phenoxy) is 2. The van der Waals surface area contributed by atoms with Crippen LogP contribution in [0.15, 0.2) is 54.1 Å². The van der Waals surface area contributed by atoms with Gasteiger partial charge in [-0.1, -0.05) is 35.9 Å². The number of carbonyl (C=O) groups is 2. The molecule has 0 atom stereocenters. The Morgan fingerprint density at radius 1 is 1.23 bits per heavy atom. The molecule has 0 bridgehead atoms. The smallest absolute Gasteiger partial charge is 0.343 e. The van der Waals surface area contributed by atoms with E-state index in [9.17, 15) is 14.9 Å². The first-order valence-electron chi connectivity index (χ1n) is 7.51. The summed E-state index contributed by atoms with van der Waals surface area (Å²) in [5.74, 6) is -0.767. The van der Waals surface area contributed by atoms with E-state index in [1.165, 1.54) is 19.3 Å². The second-order valence-electron chi connectivity index (χ2n) is 5.04. The van der Waals surface area contributed by atoms with E-state index in [2.05, 4.69) is 10.1 Å². The van der Waals surface area contributed by atoms with Crippen molar-refractivity contribution in [1.82, 2.24) is 0 Å². The highest BCUT2D eigenvalue weighted by atomic mass is 35.5. The lowest BCUT2D eigenvalue weighted by Crippen LogP contribution is -2.13. The number of nitrogens with zero attached hydrogens (tertiary/aromatic N) is 1. The van der Waals surface area contributed by atoms with Crippen LogP contribution in [0.25, 0.3) is 6.08 Å². The average molecular weight is 371 g/mol. The van der Waals surface area contributed by atoms with Gasteiger partial charge in [-0.25, -0.2) is 4.79 Å². The fourth-order valence-corrected chi connectivity index (χ4v) is 2.20. The van der Waals surface area contributed by atoms with Gasteiger partial charge in [-0.2, -0.15) is 5.26 Å². The molecule has 0 aliphatic carbocycles. The van der Waals surface area contributed by atoms with E-state index in [-0.39, 0.29) is 17.2 Å². The molecule has 6 nitrogen and oxygen atoms in total. The van der Waals surface area contributed by atoms with E-state index in [0.29, 0.717) is 17.0 Å². The van der Waals surface area contributed by atoms with Gasteiger partial charge in [0.15, 0.2) is 6.61 Å². The zero-order valence-corrected chi connectivity index (χ0v) is 14.6. The third-order valence-electron chi connectivity index (χ3n) is 3.24. The molecule has 2 rings (SSSR count). The van der Waals surface area contributed by atoms with Gasteiger partial charge in [0.2, 0.25) is 0 Å². The van der Waals surface area contributed by atoms with Crippen molar-refractivity contribution in [2.24, 2.45) is 0 Å². The number of methoxy groups -OCH3 is 1. The van der Waals surface area contributed by atoms with Gasteiger partial charge in [0.1, 0.15) is 17.4 Å². The molecule has 132 valence electrons. The van der Waals surface area contributed by atoms with Crippen LogP contribution in [0.5, 0.6) is 5.75 Å². The van der Waals surface area contributed by atoms with Crippen LogP contribution in [-0.2, 0) is 14.3 Å². The van der Waals surface area contributed by atoms with E-state index in [4.69, 9.17) is 16.3 Å². The number of nitrogens with one attached hydrogen (secondary N) is 1. The van der Waals surface area contributed by atoms with Crippen molar-refractivity contribution < 1.29 is 19.1 Å². The Balaban J connectivity index is 2.13. The Kier molecular flexibility index (Phi) is 6.77. The van der Waals surface area contributed by atoms with Crippen LogP contribution in [-0.4, -0.2) is 25.6 Å². The SMILES string of the molecule is COC(=O)COc1ccc(/C=C(\C#N)C(=O)Nc2ccccc2)cc1Cl. The fourth-order valence-electron chi connectivity index (χ4n) is 1.95. The monoisotopic (exact) mass is 370 g/mol. The van der Waals surface area contributed by atoms with Crippen LogP contribution >= 0.6 is 11.6 Å². The highest BCUT2D eigenvalue weighted by Crippen LogP contribution is 2.26. The Bertz CT molecular complexity index is 873. The van der Waals surface area contributed by atoms with Gasteiger partial charge in [-0.15, -0.1) is 0 Å². The molecule has 0 aliphatic heterocycles. The topological polar surface area (TPSA) is 88.4 Å². The Morgan fingerprint density at radius 3 is 2.58 bits per heavy atom. The number of para-hydroxylation sites is 1. The first kappa shape index (κ1) is 19.0. The van der Waals surface area contributed by atoms with Gasteiger partial charge >= 0.3 is 5.97 Å². The van der Waals surface area contributed by atoms with Crippen LogP contribution < -0.4 is 10.1 Å². The minimum Gasteiger partial charge on any atom is -0.480 e. The van der Waals surface area contributed by atoms with Crippen LogP contribution in [0.3, 0.4) is 0 Å². The van der Waals surface area contributed by atoms with E-state index in [0.717, 1.165) is 0 Å². The quantitative estimate of drug-likeness (QED) is 0.478. The number of rotatable bonds is 6. The third-order valence-corrected chi connectivity index (χ3v) is 3.53. The highest BCUT2D eigenvalue weighted by Gasteiger charge is 2.11. The summed E-state index contributed by atoms with van der Waals surface area (Å²) in [4.78, 5) is 23.3. The zero-order valence-electron chi connectivity index (χ0n) is 13.9. The van der Waals surface area contributed by atoms with Crippen molar-refractivity contribution in [2.75, 3.05) is 19.0 Å². The van der Waals surface area contributed by atoms with E-state index >= 15 is 0 Å². The Labute approximate surface area is 155 Å². The number of carbonyl (C=O) groups excluding carboxylic acids is 2. The molecule has 26 heavy (non-hydrogen) atoms. The van der Waals surface area contributed by atoms with Gasteiger partial charge in [0.25, 0.3) is 5.91 Å². The summed E-state index contributed by atoms with van der Waals surface area (Å²) in [6.45, 7) is -0.270. The molecular weight excluding hydrogens is 356 g/mol. The standard InChI is InChI=1S/C19H15ClN2O4/c1-25-18(23)12-26-17-8-7-13(10-16(17)20)9-14(11-21)19(24)22-15-5-3-2-4-6-15/h2-10H,12H2,1H3,(H,22,24)/b14-9+. The number of hydrogen-bond acceptors (Lipinski definition) is 5. The molecule has 2 aromatic rings. The van der Waals surface area contributed by atoms with Crippen molar-refractivity contribution in [3.63, 3.8) is 0 Å². The van der Waals surface area contributed by atoms with Crippen LogP contribution in [0, 0.1) is 11.3 Å². The summed E-state index contributed by atoms with van der Waals surface area (Å²) in [6.07, 6.45) is 1.41. The molecule has 0 spiro atoms. The fraction of sp³-hybridized carbons (Fsp3) is 0.105. The lowest BCUT2D eigenvalue weighted by atomic mass is 10.1. The zero-order chi connectivity index (χ0) is 18.9. The predicted octanol–water partition coefficient (Wildman–Crippen LogP) is 3.44. The molecule has 0 aliphatic rings. The van der Waals surface area contributed by atoms with Crippen molar-refractivity contribution >= 4 is 35.2 Å². The van der Waals surface area contributed by atoms with Crippen LogP contribution in [0.1, 0.15) is 5.56 Å². The highest BCUT2D eigenvalue weighted by molar-refractivity contribution is 6.32. The molecule has 7 heteroatoms. The van der Waals surface area contributed by atoms with Crippen molar-refractivity contribution in [3.05, 3.63) is 64.7 Å². The summed E-state index contributed by atoms with van der Waals surface area (Å²) < 4.78 is 9.71. The van der Waals surface area contributed by atoms with Crippen molar-refractivity contribution in [2.45, 2.75) is 0 Å². The minimum atomic E-state index is -0.533. The summed E-state index contributed by atoms with van der Waals surface area (Å²) in [6, 6.07) is 15.4. The number of amides is 1. The van der Waals surface area contributed by atoms with Crippen molar-refractivity contribution in [1.29, 1.82) is 5.26 Å². The van der Waals surface area contributed by atoms with Gasteiger partial charge in [0, 0.05) is 5.69 Å². The largest absolute Gasteiger partial charge is 0.480 e. The second-order valence-corrected chi connectivity index (χ2v) is 5.45. The molecular formula is C19H15ClN2O4. The van der Waals surface area contributed by atoms with E-state index in [1.807, 2.05) is 12.1 Å². The third kappa shape index (κ3) is 5.36. The molecule has 0 unspecified atom stereocenters. The Morgan fingerprint density at radius 2 is 1.96 bits per heavy atom. The molecule has 2 aromatic carbocycles. The second kappa shape index (κ2) is 9.25. The summed E-state index contributed by atoms with van der Waals surface area (Å²) in [7, 11) is 1.26. The molecule has 0 saturated carbocycles. The number of benzene rings is 2. The molecule has 0 fully saturated rings. The first-order chi connectivity index (χ1) is 12.5. The predicted molar refractivity (Wildman–Crippen MR) is 97.6 cm³/mol. The van der Waals surface area contributed by atoms with Gasteiger partial charge < -0.3 is 14.8 Å². The maximum absolute atomic E-state index is 12.2. The molecule has 0 radical (unpaired) electrons. The maximum atomic E-state index is 12.2.